The number of nitrogens with zero attached hydrogens (tertiary/aromatic N) is 2. The van der Waals surface area contributed by atoms with Gasteiger partial charge >= 0.3 is 0 Å². The molecule has 11 heteroatoms. The summed E-state index contributed by atoms with van der Waals surface area (Å²) in [4.78, 5) is 4.73. The zero-order chi connectivity index (χ0) is 34.4. The van der Waals surface area contributed by atoms with E-state index in [4.69, 9.17) is 15.3 Å². The zero-order valence-corrected chi connectivity index (χ0v) is 26.0. The molecule has 240 valence electrons. The molecule has 10 nitrogen and oxygen atoms in total. The quantitative estimate of drug-likeness (QED) is 0.0240. The van der Waals surface area contributed by atoms with Crippen LogP contribution < -0.4 is 11.3 Å². The highest BCUT2D eigenvalue weighted by molar-refractivity contribution is 6.39. The van der Waals surface area contributed by atoms with Gasteiger partial charge in [-0.05, 0) is 22.3 Å². The fourth-order valence-corrected chi connectivity index (χ4v) is 5.91. The monoisotopic (exact) mass is 649 g/mol. The number of rotatable bonds is 5. The van der Waals surface area contributed by atoms with E-state index in [1.807, 2.05) is 84.9 Å². The topological polar surface area (TPSA) is 185 Å². The SMILES string of the molecule is Bc1c(O)c(O)c2c(oc3c(O)c(/C(=N/C(=N\N)c4ccc(-c5ccccc5)cc4)c4ccc(-c5ccccc5)cc4)c(O)c(O)c32)c1O. The van der Waals surface area contributed by atoms with Crippen LogP contribution >= 0.6 is 0 Å². The average molecular weight is 649 g/mol. The van der Waals surface area contributed by atoms with Gasteiger partial charge in [-0.15, -0.1) is 0 Å². The number of aromatic hydroxyl groups is 6. The second-order valence-electron chi connectivity index (χ2n) is 11.4. The van der Waals surface area contributed by atoms with Gasteiger partial charge in [-0.2, -0.15) is 5.10 Å². The van der Waals surface area contributed by atoms with Gasteiger partial charge in [0.1, 0.15) is 7.85 Å². The summed E-state index contributed by atoms with van der Waals surface area (Å²) in [5.41, 5.74) is 3.57. The summed E-state index contributed by atoms with van der Waals surface area (Å²) in [5, 5.41) is 69.7. The molecule has 8 N–H and O–H groups in total. The van der Waals surface area contributed by atoms with Crippen molar-refractivity contribution in [3.63, 3.8) is 0 Å². The van der Waals surface area contributed by atoms with E-state index in [0.717, 1.165) is 22.3 Å². The van der Waals surface area contributed by atoms with Crippen molar-refractivity contribution in [2.75, 3.05) is 0 Å². The number of hydrazone groups is 1. The minimum atomic E-state index is -0.812. The number of phenolic OH excluding ortho intramolecular Hbond substituents is 6. The van der Waals surface area contributed by atoms with E-state index >= 15 is 0 Å². The highest BCUT2D eigenvalue weighted by Crippen LogP contribution is 2.53. The summed E-state index contributed by atoms with van der Waals surface area (Å²) < 4.78 is 5.79. The Hall–Kier alpha value is -6.88. The van der Waals surface area contributed by atoms with Gasteiger partial charge in [-0.3, -0.25) is 0 Å². The molecule has 0 aliphatic carbocycles. The first-order valence-corrected chi connectivity index (χ1v) is 15.1. The van der Waals surface area contributed by atoms with Crippen LogP contribution in [0.5, 0.6) is 34.5 Å². The van der Waals surface area contributed by atoms with E-state index in [2.05, 4.69) is 5.10 Å². The molecule has 6 aromatic carbocycles. The minimum absolute atomic E-state index is 0.0314. The maximum atomic E-state index is 11.7. The van der Waals surface area contributed by atoms with E-state index < -0.39 is 34.5 Å². The van der Waals surface area contributed by atoms with Crippen LogP contribution in [0.15, 0.2) is 124 Å². The fourth-order valence-electron chi connectivity index (χ4n) is 5.91. The molecule has 1 aromatic heterocycles. The maximum absolute atomic E-state index is 11.7. The molecule has 0 radical (unpaired) electrons. The van der Waals surface area contributed by atoms with Gasteiger partial charge in [0.05, 0.1) is 22.0 Å². The van der Waals surface area contributed by atoms with Crippen molar-refractivity contribution in [1.82, 2.24) is 0 Å². The Labute approximate surface area is 280 Å². The molecule has 49 heavy (non-hydrogen) atoms. The molecule has 0 atom stereocenters. The summed E-state index contributed by atoms with van der Waals surface area (Å²) in [6.45, 7) is 0. The lowest BCUT2D eigenvalue weighted by Crippen LogP contribution is -2.11. The van der Waals surface area contributed by atoms with Crippen molar-refractivity contribution in [2.24, 2.45) is 15.9 Å². The van der Waals surface area contributed by atoms with Crippen LogP contribution in [0.2, 0.25) is 0 Å². The summed E-state index contributed by atoms with van der Waals surface area (Å²) in [6.07, 6.45) is 0. The average Bonchev–Trinajstić information content (AvgIpc) is 3.56. The van der Waals surface area contributed by atoms with E-state index in [-0.39, 0.29) is 44.5 Å². The maximum Gasteiger partial charge on any atom is 0.182 e. The third-order valence-corrected chi connectivity index (χ3v) is 8.54. The smallest absolute Gasteiger partial charge is 0.182 e. The first kappa shape index (κ1) is 30.8. The molecule has 0 spiro atoms. The molecule has 1 heterocycles. The van der Waals surface area contributed by atoms with Crippen molar-refractivity contribution < 1.29 is 35.1 Å². The number of hydrogen-bond acceptors (Lipinski definition) is 9. The summed E-state index contributed by atoms with van der Waals surface area (Å²) in [5.74, 6) is 1.75. The van der Waals surface area contributed by atoms with Crippen LogP contribution in [-0.4, -0.2) is 50.0 Å². The first-order chi connectivity index (χ1) is 23.7. The van der Waals surface area contributed by atoms with Crippen LogP contribution in [0.25, 0.3) is 44.2 Å². The van der Waals surface area contributed by atoms with Gasteiger partial charge in [0, 0.05) is 16.6 Å². The van der Waals surface area contributed by atoms with Crippen LogP contribution in [0, 0.1) is 0 Å². The third kappa shape index (κ3) is 5.10. The molecule has 0 aliphatic rings. The Bertz CT molecular complexity index is 2440. The first-order valence-electron chi connectivity index (χ1n) is 15.1. The summed E-state index contributed by atoms with van der Waals surface area (Å²) in [7, 11) is 1.35. The minimum Gasteiger partial charge on any atom is -0.505 e. The Kier molecular flexibility index (Phi) is 7.57. The van der Waals surface area contributed by atoms with Crippen molar-refractivity contribution in [1.29, 1.82) is 0 Å². The summed E-state index contributed by atoms with van der Waals surface area (Å²) >= 11 is 0. The van der Waals surface area contributed by atoms with Crippen LogP contribution in [0.3, 0.4) is 0 Å². The molecule has 0 bridgehead atoms. The van der Waals surface area contributed by atoms with E-state index in [1.54, 1.807) is 24.3 Å². The highest BCUT2D eigenvalue weighted by atomic mass is 16.4. The van der Waals surface area contributed by atoms with Crippen molar-refractivity contribution in [3.8, 4) is 56.8 Å². The largest absolute Gasteiger partial charge is 0.505 e. The number of fused-ring (bicyclic) bond motifs is 3. The predicted molar refractivity (Wildman–Crippen MR) is 192 cm³/mol. The molecule has 7 aromatic rings. The van der Waals surface area contributed by atoms with Crippen LogP contribution in [0.4, 0.5) is 0 Å². The van der Waals surface area contributed by atoms with E-state index in [0.29, 0.717) is 11.1 Å². The molecule has 0 saturated heterocycles. The number of aliphatic imine (C=N–C) groups is 1. The van der Waals surface area contributed by atoms with E-state index in [1.165, 1.54) is 7.85 Å². The molecular weight excluding hydrogens is 621 g/mol. The molecular formula is C38H28BN3O7. The number of phenols is 6. The highest BCUT2D eigenvalue weighted by Gasteiger charge is 2.31. The van der Waals surface area contributed by atoms with Crippen LogP contribution in [0.1, 0.15) is 16.7 Å². The third-order valence-electron chi connectivity index (χ3n) is 8.54. The lowest BCUT2D eigenvalue weighted by molar-refractivity contribution is 0.399. The Morgan fingerprint density at radius 2 is 0.959 bits per heavy atom. The van der Waals surface area contributed by atoms with Gasteiger partial charge in [0.25, 0.3) is 0 Å². The normalized spacial score (nSPS) is 12.2. The predicted octanol–water partition coefficient (Wildman–Crippen LogP) is 5.57. The lowest BCUT2D eigenvalue weighted by Gasteiger charge is -2.15. The lowest BCUT2D eigenvalue weighted by atomic mass is 9.91. The van der Waals surface area contributed by atoms with Crippen molar-refractivity contribution >= 4 is 46.8 Å². The number of nitrogens with two attached hydrogens (primary N) is 1. The van der Waals surface area contributed by atoms with Crippen molar-refractivity contribution in [3.05, 3.63) is 126 Å². The number of hydrogen-bond donors (Lipinski definition) is 7. The fraction of sp³-hybridized carbons (Fsp3) is 0. The molecule has 0 unspecified atom stereocenters. The Morgan fingerprint density at radius 1 is 0.510 bits per heavy atom. The second-order valence-corrected chi connectivity index (χ2v) is 11.4. The molecule has 7 rings (SSSR count). The number of amidine groups is 1. The molecule has 0 aliphatic heterocycles. The molecule has 0 fully saturated rings. The van der Waals surface area contributed by atoms with Gasteiger partial charge in [-0.1, -0.05) is 109 Å². The zero-order valence-electron chi connectivity index (χ0n) is 26.0. The molecule has 0 amide bonds. The van der Waals surface area contributed by atoms with E-state index in [9.17, 15) is 30.6 Å². The van der Waals surface area contributed by atoms with Crippen LogP contribution in [-0.2, 0) is 0 Å². The van der Waals surface area contributed by atoms with Gasteiger partial charge in [-0.25, -0.2) is 4.99 Å². The van der Waals surface area contributed by atoms with Gasteiger partial charge < -0.3 is 40.9 Å². The second kappa shape index (κ2) is 12.1. The van der Waals surface area contributed by atoms with Crippen molar-refractivity contribution in [2.45, 2.75) is 0 Å². The molecule has 0 saturated carbocycles. The number of benzene rings is 6. The standard InChI is InChI=1S/C38H28BN3O7/c39-28-34(47)31(44)26-25-30(43)32(45)27(33(46)36(25)49-37(26)35(28)48)29(23-15-11-21(12-16-23)19-7-3-1-4-8-19)41-38(42-40)24-17-13-22(14-18-24)20-9-5-2-6-10-20/h1-18,43-48H,39-40H2/b41-29+,42-38-. The Morgan fingerprint density at radius 3 is 1.47 bits per heavy atom. The summed E-state index contributed by atoms with van der Waals surface area (Å²) in [6, 6.07) is 33.9. The van der Waals surface area contributed by atoms with Gasteiger partial charge in [0.2, 0.25) is 0 Å². The number of furan rings is 1. The Balaban J connectivity index is 1.45. The van der Waals surface area contributed by atoms with Gasteiger partial charge in [0.15, 0.2) is 51.5 Å².